The minimum Gasteiger partial charge on any atom is -0.496 e. The van der Waals surface area contributed by atoms with E-state index in [9.17, 15) is 0 Å². The summed E-state index contributed by atoms with van der Waals surface area (Å²) in [7, 11) is 1.66. The van der Waals surface area contributed by atoms with Gasteiger partial charge in [-0.15, -0.1) is 22.9 Å². The first kappa shape index (κ1) is 12.9. The third-order valence-corrected chi connectivity index (χ3v) is 4.64. The van der Waals surface area contributed by atoms with Crippen LogP contribution >= 0.6 is 38.9 Å². The van der Waals surface area contributed by atoms with Crippen LogP contribution in [0.4, 0.5) is 0 Å². The Hall–Kier alpha value is -0.510. The van der Waals surface area contributed by atoms with Gasteiger partial charge >= 0.3 is 0 Å². The second kappa shape index (κ2) is 5.42. The molecule has 2 rings (SSSR count). The molecule has 1 heterocycles. The van der Waals surface area contributed by atoms with E-state index in [1.165, 1.54) is 4.88 Å². The van der Waals surface area contributed by atoms with Gasteiger partial charge in [0.25, 0.3) is 0 Å². The topological polar surface area (TPSA) is 9.23 Å². The van der Waals surface area contributed by atoms with Crippen molar-refractivity contribution >= 4 is 38.9 Å². The Morgan fingerprint density at radius 2 is 2.06 bits per heavy atom. The van der Waals surface area contributed by atoms with Gasteiger partial charge in [0, 0.05) is 19.8 Å². The second-order valence-electron chi connectivity index (χ2n) is 3.70. The van der Waals surface area contributed by atoms with Crippen LogP contribution in [0.25, 0.3) is 0 Å². The van der Waals surface area contributed by atoms with Crippen molar-refractivity contribution in [2.45, 2.75) is 12.3 Å². The van der Waals surface area contributed by atoms with Crippen molar-refractivity contribution in [2.75, 3.05) is 7.11 Å². The van der Waals surface area contributed by atoms with Gasteiger partial charge < -0.3 is 4.74 Å². The molecule has 0 radical (unpaired) electrons. The molecule has 0 N–H and O–H groups in total. The number of benzene rings is 1. The zero-order valence-electron chi connectivity index (χ0n) is 9.54. The Labute approximate surface area is 119 Å². The van der Waals surface area contributed by atoms with Gasteiger partial charge in [0.15, 0.2) is 0 Å². The molecule has 1 aromatic carbocycles. The summed E-state index contributed by atoms with van der Waals surface area (Å²) in [6, 6.07) is 10.1. The molecular weight excluding hydrogens is 320 g/mol. The van der Waals surface area contributed by atoms with E-state index in [2.05, 4.69) is 35.0 Å². The predicted octanol–water partition coefficient (Wildman–Crippen LogP) is 5.16. The first-order valence-corrected chi connectivity index (χ1v) is 7.20. The number of ether oxygens (including phenoxy) is 1. The quantitative estimate of drug-likeness (QED) is 0.706. The Bertz CT molecular complexity index is 524. The number of methoxy groups -OCH3 is 1. The summed E-state index contributed by atoms with van der Waals surface area (Å²) >= 11 is 11.6. The number of hydrogen-bond donors (Lipinski definition) is 0. The minimum absolute atomic E-state index is 0.156. The molecule has 0 bridgehead atoms. The molecule has 17 heavy (non-hydrogen) atoms. The highest BCUT2D eigenvalue weighted by atomic mass is 79.9. The molecule has 0 aliphatic rings. The maximum absolute atomic E-state index is 6.50. The fraction of sp³-hybridized carbons (Fsp3) is 0.231. The van der Waals surface area contributed by atoms with E-state index in [0.29, 0.717) is 0 Å². The van der Waals surface area contributed by atoms with Crippen molar-refractivity contribution in [3.8, 4) is 5.75 Å². The highest BCUT2D eigenvalue weighted by Gasteiger charge is 2.17. The van der Waals surface area contributed by atoms with Crippen molar-refractivity contribution in [3.05, 3.63) is 50.1 Å². The standard InChI is InChI=1S/C13H12BrClOS/c1-8-3-6-12(17-8)13(15)10-5-4-9(14)7-11(10)16-2/h3-7,13H,1-2H3. The molecule has 0 aliphatic carbocycles. The summed E-state index contributed by atoms with van der Waals surface area (Å²) in [5, 5.41) is -0.156. The van der Waals surface area contributed by atoms with E-state index < -0.39 is 0 Å². The van der Waals surface area contributed by atoms with Crippen LogP contribution in [-0.2, 0) is 0 Å². The van der Waals surface area contributed by atoms with Crippen LogP contribution in [-0.4, -0.2) is 7.11 Å². The van der Waals surface area contributed by atoms with E-state index >= 15 is 0 Å². The largest absolute Gasteiger partial charge is 0.496 e. The van der Waals surface area contributed by atoms with Crippen molar-refractivity contribution in [1.82, 2.24) is 0 Å². The molecule has 2 aromatic rings. The number of thiophene rings is 1. The van der Waals surface area contributed by atoms with Crippen LogP contribution in [0.15, 0.2) is 34.8 Å². The van der Waals surface area contributed by atoms with Crippen LogP contribution < -0.4 is 4.74 Å². The van der Waals surface area contributed by atoms with E-state index in [1.54, 1.807) is 18.4 Å². The van der Waals surface area contributed by atoms with Gasteiger partial charge in [-0.05, 0) is 31.2 Å². The highest BCUT2D eigenvalue weighted by molar-refractivity contribution is 9.10. The molecule has 1 nitrogen and oxygen atoms in total. The van der Waals surface area contributed by atoms with Crippen LogP contribution in [0.3, 0.4) is 0 Å². The molecule has 90 valence electrons. The molecule has 4 heteroatoms. The normalized spacial score (nSPS) is 12.5. The highest BCUT2D eigenvalue weighted by Crippen LogP contribution is 2.39. The van der Waals surface area contributed by atoms with E-state index in [-0.39, 0.29) is 5.38 Å². The summed E-state index contributed by atoms with van der Waals surface area (Å²) in [5.41, 5.74) is 0.999. The Kier molecular flexibility index (Phi) is 4.13. The summed E-state index contributed by atoms with van der Waals surface area (Å²) in [5.74, 6) is 0.811. The zero-order valence-corrected chi connectivity index (χ0v) is 12.7. The lowest BCUT2D eigenvalue weighted by molar-refractivity contribution is 0.410. The maximum atomic E-state index is 6.50. The van der Waals surface area contributed by atoms with Crippen molar-refractivity contribution < 1.29 is 4.74 Å². The molecule has 0 saturated heterocycles. The van der Waals surface area contributed by atoms with Crippen molar-refractivity contribution in [1.29, 1.82) is 0 Å². The van der Waals surface area contributed by atoms with Gasteiger partial charge in [-0.3, -0.25) is 0 Å². The molecule has 1 atom stereocenters. The third kappa shape index (κ3) is 2.84. The van der Waals surface area contributed by atoms with Gasteiger partial charge in [0.05, 0.1) is 12.5 Å². The number of rotatable bonds is 3. The average molecular weight is 332 g/mol. The molecule has 0 fully saturated rings. The minimum atomic E-state index is -0.156. The predicted molar refractivity (Wildman–Crippen MR) is 77.4 cm³/mol. The molecule has 0 aliphatic heterocycles. The first-order chi connectivity index (χ1) is 8.11. The lowest BCUT2D eigenvalue weighted by Crippen LogP contribution is -1.95. The monoisotopic (exact) mass is 330 g/mol. The summed E-state index contributed by atoms with van der Waals surface area (Å²) in [6.07, 6.45) is 0. The number of aryl methyl sites for hydroxylation is 1. The lowest BCUT2D eigenvalue weighted by Gasteiger charge is -2.13. The summed E-state index contributed by atoms with van der Waals surface area (Å²) < 4.78 is 6.36. The smallest absolute Gasteiger partial charge is 0.125 e. The van der Waals surface area contributed by atoms with Crippen molar-refractivity contribution in [3.63, 3.8) is 0 Å². The fourth-order valence-corrected chi connectivity index (χ4v) is 3.24. The fourth-order valence-electron chi connectivity index (χ4n) is 1.64. The van der Waals surface area contributed by atoms with Gasteiger partial charge in [-0.25, -0.2) is 0 Å². The average Bonchev–Trinajstić information content (AvgIpc) is 2.75. The zero-order chi connectivity index (χ0) is 12.4. The molecule has 1 unspecified atom stereocenters. The molecule has 0 spiro atoms. The maximum Gasteiger partial charge on any atom is 0.125 e. The van der Waals surface area contributed by atoms with E-state index in [1.807, 2.05) is 18.2 Å². The Morgan fingerprint density at radius 1 is 1.29 bits per heavy atom. The number of halogens is 2. The summed E-state index contributed by atoms with van der Waals surface area (Å²) in [4.78, 5) is 2.41. The van der Waals surface area contributed by atoms with Crippen LogP contribution in [0.2, 0.25) is 0 Å². The van der Waals surface area contributed by atoms with Crippen molar-refractivity contribution in [2.24, 2.45) is 0 Å². The van der Waals surface area contributed by atoms with E-state index in [0.717, 1.165) is 20.7 Å². The Morgan fingerprint density at radius 3 is 2.65 bits per heavy atom. The van der Waals surface area contributed by atoms with Gasteiger partial charge in [0.2, 0.25) is 0 Å². The number of alkyl halides is 1. The van der Waals surface area contributed by atoms with Crippen LogP contribution in [0.5, 0.6) is 5.75 Å². The lowest BCUT2D eigenvalue weighted by atomic mass is 10.1. The third-order valence-electron chi connectivity index (χ3n) is 2.48. The SMILES string of the molecule is COc1cc(Br)ccc1C(Cl)c1ccc(C)s1. The Balaban J connectivity index is 2.39. The summed E-state index contributed by atoms with van der Waals surface area (Å²) in [6.45, 7) is 2.08. The molecule has 0 amide bonds. The van der Waals surface area contributed by atoms with Gasteiger partial charge in [-0.2, -0.15) is 0 Å². The molecule has 1 aromatic heterocycles. The first-order valence-electron chi connectivity index (χ1n) is 5.15. The van der Waals surface area contributed by atoms with Crippen LogP contribution in [0, 0.1) is 6.92 Å². The van der Waals surface area contributed by atoms with Gasteiger partial charge in [-0.1, -0.05) is 22.0 Å². The van der Waals surface area contributed by atoms with Crippen LogP contribution in [0.1, 0.15) is 20.7 Å². The molecule has 0 saturated carbocycles. The second-order valence-corrected chi connectivity index (χ2v) is 6.37. The molecular formula is C13H12BrClOS. The van der Waals surface area contributed by atoms with E-state index in [4.69, 9.17) is 16.3 Å². The number of hydrogen-bond acceptors (Lipinski definition) is 2. The van der Waals surface area contributed by atoms with Gasteiger partial charge in [0.1, 0.15) is 5.75 Å².